The Morgan fingerprint density at radius 3 is 2.44 bits per heavy atom. The molecule has 0 aromatic heterocycles. The van der Waals surface area contributed by atoms with E-state index in [1.165, 1.54) is 7.05 Å². The Morgan fingerprint density at radius 1 is 1.21 bits per heavy atom. The van der Waals surface area contributed by atoms with Crippen molar-refractivity contribution in [1.82, 2.24) is 10.2 Å². The molecular formula is C24H27ClF3N3O3. The Hall–Kier alpha value is -2.62. The molecule has 1 aliphatic rings. The maximum atomic E-state index is 14.2. The number of aliphatic hydroxyl groups excluding tert-OH is 1. The molecule has 3 rings (SSSR count). The molecule has 2 aromatic carbocycles. The first-order valence-electron chi connectivity index (χ1n) is 10.8. The van der Waals surface area contributed by atoms with Crippen LogP contribution in [0.3, 0.4) is 0 Å². The third-order valence-corrected chi connectivity index (χ3v) is 6.33. The van der Waals surface area contributed by atoms with Crippen molar-refractivity contribution in [2.75, 3.05) is 32.0 Å². The zero-order valence-corrected chi connectivity index (χ0v) is 19.8. The highest BCUT2D eigenvalue weighted by atomic mass is 35.5. The smallest absolute Gasteiger partial charge is 0.265 e. The quantitative estimate of drug-likeness (QED) is 0.518. The van der Waals surface area contributed by atoms with Crippen molar-refractivity contribution in [1.29, 1.82) is 0 Å². The van der Waals surface area contributed by atoms with Crippen LogP contribution in [0.2, 0.25) is 5.02 Å². The maximum Gasteiger partial charge on any atom is 0.265 e. The molecule has 10 heteroatoms. The summed E-state index contributed by atoms with van der Waals surface area (Å²) in [7, 11) is 1.39. The molecule has 1 aliphatic heterocycles. The molecule has 1 fully saturated rings. The van der Waals surface area contributed by atoms with Gasteiger partial charge in [-0.1, -0.05) is 49.7 Å². The molecule has 0 saturated carbocycles. The van der Waals surface area contributed by atoms with Gasteiger partial charge in [-0.15, -0.1) is 0 Å². The van der Waals surface area contributed by atoms with Gasteiger partial charge in [0, 0.05) is 26.7 Å². The predicted molar refractivity (Wildman–Crippen MR) is 124 cm³/mol. The van der Waals surface area contributed by atoms with E-state index in [1.807, 2.05) is 26.0 Å². The third-order valence-electron chi connectivity index (χ3n) is 6.04. The molecule has 0 bridgehead atoms. The zero-order valence-electron chi connectivity index (χ0n) is 19.0. The summed E-state index contributed by atoms with van der Waals surface area (Å²) in [4.78, 5) is 27.6. The molecule has 6 nitrogen and oxygen atoms in total. The minimum absolute atomic E-state index is 0.0150. The summed E-state index contributed by atoms with van der Waals surface area (Å²) in [6.07, 6.45) is -4.74. The predicted octanol–water partition coefficient (Wildman–Crippen LogP) is 3.78. The highest BCUT2D eigenvalue weighted by molar-refractivity contribution is 6.31. The lowest BCUT2D eigenvalue weighted by Crippen LogP contribution is -2.66. The fourth-order valence-electron chi connectivity index (χ4n) is 4.28. The minimum Gasteiger partial charge on any atom is -0.386 e. The summed E-state index contributed by atoms with van der Waals surface area (Å²) in [5.41, 5.74) is 0.387. The number of β-amino-alcohol motifs (C(OH)–C–C–N with tert-alkyl or cyclic N) is 1. The van der Waals surface area contributed by atoms with E-state index in [-0.39, 0.29) is 41.8 Å². The lowest BCUT2D eigenvalue weighted by molar-refractivity contribution is -0.130. The highest BCUT2D eigenvalue weighted by Gasteiger charge is 2.52. The van der Waals surface area contributed by atoms with Crippen molar-refractivity contribution in [2.24, 2.45) is 0 Å². The molecule has 0 spiro atoms. The lowest BCUT2D eigenvalue weighted by atomic mass is 9.69. The number of benzene rings is 2. The summed E-state index contributed by atoms with van der Waals surface area (Å²) in [6, 6.07) is 9.43. The second kappa shape index (κ2) is 10.3. The van der Waals surface area contributed by atoms with Gasteiger partial charge in [-0.3, -0.25) is 14.5 Å². The van der Waals surface area contributed by atoms with Crippen LogP contribution in [0, 0.1) is 5.82 Å². The van der Waals surface area contributed by atoms with Crippen LogP contribution in [0.4, 0.5) is 18.9 Å². The molecular weight excluding hydrogens is 471 g/mol. The van der Waals surface area contributed by atoms with Crippen molar-refractivity contribution in [3.8, 4) is 0 Å². The van der Waals surface area contributed by atoms with Crippen LogP contribution in [0.5, 0.6) is 0 Å². The first-order chi connectivity index (χ1) is 16.0. The van der Waals surface area contributed by atoms with Crippen LogP contribution >= 0.6 is 11.6 Å². The van der Waals surface area contributed by atoms with E-state index in [9.17, 15) is 27.9 Å². The Bertz CT molecular complexity index is 1070. The number of likely N-dealkylation sites (tertiary alicyclic amines) is 1. The van der Waals surface area contributed by atoms with Crippen LogP contribution in [0.25, 0.3) is 0 Å². The molecule has 2 amide bonds. The number of alkyl halides is 2. The standard InChI is InChI=1S/C24H27ClF3N3O3/c1-13(2)14-6-4-5-7-16(14)24(11-31(12-24)10-20(32)21(27)28)23(34)30-19-9-18(26)17(25)8-15(19)22(33)29-3/h4-9,13,20-21,32H,10-12H2,1-3H3,(H,29,33)(H,30,34). The summed E-state index contributed by atoms with van der Waals surface area (Å²) in [6.45, 7) is 3.78. The fourth-order valence-corrected chi connectivity index (χ4v) is 4.44. The second-order valence-electron chi connectivity index (χ2n) is 8.74. The van der Waals surface area contributed by atoms with Gasteiger partial charge in [-0.05, 0) is 29.2 Å². The average Bonchev–Trinajstić information content (AvgIpc) is 2.77. The first-order valence-corrected chi connectivity index (χ1v) is 11.2. The monoisotopic (exact) mass is 497 g/mol. The van der Waals surface area contributed by atoms with Gasteiger partial charge < -0.3 is 15.7 Å². The number of halogens is 4. The van der Waals surface area contributed by atoms with Crippen molar-refractivity contribution >= 4 is 29.1 Å². The van der Waals surface area contributed by atoms with Crippen LogP contribution in [-0.4, -0.2) is 61.0 Å². The first kappa shape index (κ1) is 26.0. The maximum absolute atomic E-state index is 14.2. The van der Waals surface area contributed by atoms with Crippen molar-refractivity contribution in [3.05, 3.63) is 63.9 Å². The lowest BCUT2D eigenvalue weighted by Gasteiger charge is -2.50. The number of carbonyl (C=O) groups excluding carboxylic acids is 2. The number of aliphatic hydroxyl groups is 1. The topological polar surface area (TPSA) is 81.7 Å². The van der Waals surface area contributed by atoms with Crippen molar-refractivity contribution in [3.63, 3.8) is 0 Å². The SMILES string of the molecule is CNC(=O)c1cc(Cl)c(F)cc1NC(=O)C1(c2ccccc2C(C)C)CN(CC(O)C(F)F)C1. The van der Waals surface area contributed by atoms with E-state index in [4.69, 9.17) is 11.6 Å². The normalized spacial score (nSPS) is 16.3. The molecule has 1 atom stereocenters. The van der Waals surface area contributed by atoms with E-state index in [1.54, 1.807) is 17.0 Å². The Kier molecular flexibility index (Phi) is 7.90. The van der Waals surface area contributed by atoms with Gasteiger partial charge in [-0.25, -0.2) is 13.2 Å². The molecule has 1 heterocycles. The van der Waals surface area contributed by atoms with Crippen LogP contribution < -0.4 is 10.6 Å². The Balaban J connectivity index is 2.00. The molecule has 3 N–H and O–H groups in total. The highest BCUT2D eigenvalue weighted by Crippen LogP contribution is 2.40. The number of hydrogen-bond acceptors (Lipinski definition) is 4. The van der Waals surface area contributed by atoms with E-state index in [0.29, 0.717) is 5.56 Å². The third kappa shape index (κ3) is 5.06. The van der Waals surface area contributed by atoms with Crippen LogP contribution in [-0.2, 0) is 10.2 Å². The number of rotatable bonds is 8. The average molecular weight is 498 g/mol. The van der Waals surface area contributed by atoms with Gasteiger partial charge in [0.25, 0.3) is 12.3 Å². The number of hydrogen-bond donors (Lipinski definition) is 3. The number of carbonyl (C=O) groups is 2. The molecule has 0 radical (unpaired) electrons. The summed E-state index contributed by atoms with van der Waals surface area (Å²) < 4.78 is 40.0. The van der Waals surface area contributed by atoms with E-state index in [2.05, 4.69) is 10.6 Å². The van der Waals surface area contributed by atoms with E-state index >= 15 is 0 Å². The molecule has 1 saturated heterocycles. The second-order valence-corrected chi connectivity index (χ2v) is 9.15. The van der Waals surface area contributed by atoms with Crippen LogP contribution in [0.15, 0.2) is 36.4 Å². The zero-order chi connectivity index (χ0) is 25.2. The van der Waals surface area contributed by atoms with Gasteiger partial charge in [-0.2, -0.15) is 0 Å². The van der Waals surface area contributed by atoms with Gasteiger partial charge in [0.15, 0.2) is 0 Å². The molecule has 34 heavy (non-hydrogen) atoms. The number of anilines is 1. The number of nitrogens with zero attached hydrogens (tertiary/aromatic N) is 1. The van der Waals surface area contributed by atoms with Gasteiger partial charge in [0.1, 0.15) is 11.9 Å². The van der Waals surface area contributed by atoms with E-state index in [0.717, 1.165) is 17.7 Å². The van der Waals surface area contributed by atoms with Gasteiger partial charge >= 0.3 is 0 Å². The number of amides is 2. The minimum atomic E-state index is -2.90. The Morgan fingerprint density at radius 2 is 1.85 bits per heavy atom. The van der Waals surface area contributed by atoms with E-state index < -0.39 is 35.6 Å². The van der Waals surface area contributed by atoms with Gasteiger partial charge in [0.2, 0.25) is 5.91 Å². The Labute approximate surface area is 201 Å². The molecule has 2 aromatic rings. The molecule has 1 unspecified atom stereocenters. The summed E-state index contributed by atoms with van der Waals surface area (Å²) in [5.74, 6) is -1.83. The van der Waals surface area contributed by atoms with Gasteiger partial charge in [0.05, 0.1) is 21.7 Å². The summed E-state index contributed by atoms with van der Waals surface area (Å²) >= 11 is 5.84. The van der Waals surface area contributed by atoms with Crippen LogP contribution in [0.1, 0.15) is 41.3 Å². The largest absolute Gasteiger partial charge is 0.386 e. The number of nitrogens with one attached hydrogen (secondary N) is 2. The fraction of sp³-hybridized carbons (Fsp3) is 0.417. The van der Waals surface area contributed by atoms with Crippen molar-refractivity contribution < 1.29 is 27.9 Å². The summed E-state index contributed by atoms with van der Waals surface area (Å²) in [5, 5.41) is 14.4. The van der Waals surface area contributed by atoms with Crippen molar-refractivity contribution in [2.45, 2.75) is 37.7 Å². The molecule has 0 aliphatic carbocycles. The molecule has 184 valence electrons.